The Morgan fingerprint density at radius 3 is 1.67 bits per heavy atom. The van der Waals surface area contributed by atoms with E-state index in [1.807, 2.05) is 0 Å². The van der Waals surface area contributed by atoms with Crippen molar-refractivity contribution >= 4 is 11.9 Å². The van der Waals surface area contributed by atoms with E-state index < -0.39 is 11.8 Å². The molecule has 0 amide bonds. The Labute approximate surface area is 164 Å². The minimum absolute atomic E-state index is 0.0246. The molecule has 0 radical (unpaired) electrons. The standard InChI is InChI=1S/C21H39NO5/c1-20(2,3)22(21(4,5)6)12-13-26-18(23)16-10-8-9-11-17(16)19(24)27-15-14-25-7/h16-17H,8-15H2,1-7H3. The highest BCUT2D eigenvalue weighted by Gasteiger charge is 2.38. The van der Waals surface area contributed by atoms with Gasteiger partial charge >= 0.3 is 11.9 Å². The molecule has 27 heavy (non-hydrogen) atoms. The average molecular weight is 386 g/mol. The van der Waals surface area contributed by atoms with E-state index in [9.17, 15) is 9.59 Å². The number of hydrogen-bond acceptors (Lipinski definition) is 6. The van der Waals surface area contributed by atoms with E-state index in [2.05, 4.69) is 46.4 Å². The lowest BCUT2D eigenvalue weighted by molar-refractivity contribution is -0.164. The van der Waals surface area contributed by atoms with Gasteiger partial charge in [0.25, 0.3) is 0 Å². The molecule has 0 saturated heterocycles. The minimum Gasteiger partial charge on any atom is -0.464 e. The Bertz CT molecular complexity index is 464. The Hall–Kier alpha value is -1.14. The first-order chi connectivity index (χ1) is 12.5. The normalized spacial score (nSPS) is 21.2. The highest BCUT2D eigenvalue weighted by Crippen LogP contribution is 2.32. The van der Waals surface area contributed by atoms with Crippen molar-refractivity contribution in [2.24, 2.45) is 11.8 Å². The largest absolute Gasteiger partial charge is 0.464 e. The summed E-state index contributed by atoms with van der Waals surface area (Å²) in [5.41, 5.74) is -0.0492. The van der Waals surface area contributed by atoms with Crippen LogP contribution in [-0.2, 0) is 23.8 Å². The third-order valence-electron chi connectivity index (χ3n) is 5.08. The van der Waals surface area contributed by atoms with Crippen molar-refractivity contribution in [2.45, 2.75) is 78.3 Å². The first-order valence-corrected chi connectivity index (χ1v) is 10.1. The van der Waals surface area contributed by atoms with E-state index >= 15 is 0 Å². The predicted molar refractivity (Wildman–Crippen MR) is 105 cm³/mol. The summed E-state index contributed by atoms with van der Waals surface area (Å²) in [6.07, 6.45) is 3.25. The molecule has 2 atom stereocenters. The molecule has 158 valence electrons. The number of hydrogen-bond donors (Lipinski definition) is 0. The Morgan fingerprint density at radius 1 is 0.815 bits per heavy atom. The van der Waals surface area contributed by atoms with Crippen LogP contribution in [0.1, 0.15) is 67.2 Å². The Morgan fingerprint density at radius 2 is 1.26 bits per heavy atom. The van der Waals surface area contributed by atoms with Crippen LogP contribution in [0.2, 0.25) is 0 Å². The van der Waals surface area contributed by atoms with E-state index in [0.29, 0.717) is 32.6 Å². The van der Waals surface area contributed by atoms with Crippen LogP contribution >= 0.6 is 0 Å². The van der Waals surface area contributed by atoms with Crippen molar-refractivity contribution in [3.63, 3.8) is 0 Å². The summed E-state index contributed by atoms with van der Waals surface area (Å²) in [5.74, 6) is -1.37. The summed E-state index contributed by atoms with van der Waals surface area (Å²) in [4.78, 5) is 27.3. The zero-order valence-corrected chi connectivity index (χ0v) is 18.3. The summed E-state index contributed by atoms with van der Waals surface area (Å²) in [6, 6.07) is 0. The number of nitrogens with zero attached hydrogens (tertiary/aromatic N) is 1. The average Bonchev–Trinajstić information content (AvgIpc) is 2.56. The van der Waals surface area contributed by atoms with Crippen LogP contribution < -0.4 is 0 Å². The second-order valence-corrected chi connectivity index (χ2v) is 9.32. The fourth-order valence-electron chi connectivity index (χ4n) is 4.05. The lowest BCUT2D eigenvalue weighted by Gasteiger charge is -2.45. The van der Waals surface area contributed by atoms with Gasteiger partial charge < -0.3 is 14.2 Å². The Balaban J connectivity index is 2.61. The second-order valence-electron chi connectivity index (χ2n) is 9.32. The van der Waals surface area contributed by atoms with Crippen LogP contribution in [0.3, 0.4) is 0 Å². The van der Waals surface area contributed by atoms with Gasteiger partial charge in [-0.2, -0.15) is 0 Å². The molecule has 0 aliphatic heterocycles. The maximum atomic E-state index is 12.7. The number of carbonyl (C=O) groups excluding carboxylic acids is 2. The summed E-state index contributed by atoms with van der Waals surface area (Å²) >= 11 is 0. The first-order valence-electron chi connectivity index (χ1n) is 10.1. The van der Waals surface area contributed by atoms with Crippen LogP contribution in [0.5, 0.6) is 0 Å². The van der Waals surface area contributed by atoms with Crippen LogP contribution in [-0.4, -0.2) is 61.4 Å². The number of ether oxygens (including phenoxy) is 3. The molecule has 2 unspecified atom stereocenters. The molecule has 1 aliphatic carbocycles. The molecule has 1 rings (SSSR count). The maximum absolute atomic E-state index is 12.7. The van der Waals surface area contributed by atoms with E-state index in [4.69, 9.17) is 14.2 Å². The van der Waals surface area contributed by atoms with Crippen molar-refractivity contribution in [2.75, 3.05) is 33.5 Å². The van der Waals surface area contributed by atoms with Crippen LogP contribution in [0.25, 0.3) is 0 Å². The van der Waals surface area contributed by atoms with Gasteiger partial charge in [0, 0.05) is 24.7 Å². The van der Waals surface area contributed by atoms with Crippen LogP contribution in [0.4, 0.5) is 0 Å². The molecule has 0 bridgehead atoms. The SMILES string of the molecule is COCCOC(=O)C1CCCCC1C(=O)OCCN(C(C)(C)C)C(C)(C)C. The van der Waals surface area contributed by atoms with Gasteiger partial charge in [-0.3, -0.25) is 14.5 Å². The quantitative estimate of drug-likeness (QED) is 0.471. The first kappa shape index (κ1) is 23.9. The van der Waals surface area contributed by atoms with Gasteiger partial charge in [0.05, 0.1) is 18.4 Å². The zero-order chi connectivity index (χ0) is 20.7. The number of carbonyl (C=O) groups is 2. The number of methoxy groups -OCH3 is 1. The lowest BCUT2D eigenvalue weighted by atomic mass is 9.79. The van der Waals surface area contributed by atoms with Crippen molar-refractivity contribution < 1.29 is 23.8 Å². The summed E-state index contributed by atoms with van der Waals surface area (Å²) in [7, 11) is 1.56. The monoisotopic (exact) mass is 385 g/mol. The Kier molecular flexibility index (Phi) is 9.22. The molecule has 1 fully saturated rings. The van der Waals surface area contributed by atoms with Crippen LogP contribution in [0.15, 0.2) is 0 Å². The van der Waals surface area contributed by atoms with E-state index in [1.54, 1.807) is 7.11 Å². The molecule has 6 heteroatoms. The molecule has 0 N–H and O–H groups in total. The maximum Gasteiger partial charge on any atom is 0.309 e. The van der Waals surface area contributed by atoms with Gasteiger partial charge in [0.1, 0.15) is 13.2 Å². The van der Waals surface area contributed by atoms with Crippen molar-refractivity contribution in [1.29, 1.82) is 0 Å². The van der Waals surface area contributed by atoms with Gasteiger partial charge in [-0.1, -0.05) is 12.8 Å². The molecule has 0 aromatic carbocycles. The predicted octanol–water partition coefficient (Wildman–Crippen LogP) is 3.42. The van der Waals surface area contributed by atoms with E-state index in [-0.39, 0.29) is 29.6 Å². The molecular weight excluding hydrogens is 346 g/mol. The van der Waals surface area contributed by atoms with E-state index in [1.165, 1.54) is 0 Å². The fraction of sp³-hybridized carbons (Fsp3) is 0.905. The van der Waals surface area contributed by atoms with Gasteiger partial charge in [0.15, 0.2) is 0 Å². The fourth-order valence-corrected chi connectivity index (χ4v) is 4.05. The molecule has 0 heterocycles. The summed E-state index contributed by atoms with van der Waals surface area (Å²) in [6.45, 7) is 14.5. The van der Waals surface area contributed by atoms with E-state index in [0.717, 1.165) is 12.8 Å². The number of esters is 2. The lowest BCUT2D eigenvalue weighted by Crippen LogP contribution is -2.53. The second kappa shape index (κ2) is 10.4. The zero-order valence-electron chi connectivity index (χ0n) is 18.3. The van der Waals surface area contributed by atoms with Gasteiger partial charge in [-0.05, 0) is 54.4 Å². The van der Waals surface area contributed by atoms with Gasteiger partial charge in [-0.25, -0.2) is 0 Å². The summed E-state index contributed by atoms with van der Waals surface area (Å²) in [5, 5.41) is 0. The summed E-state index contributed by atoms with van der Waals surface area (Å²) < 4.78 is 15.8. The minimum atomic E-state index is -0.399. The van der Waals surface area contributed by atoms with Crippen molar-refractivity contribution in [1.82, 2.24) is 4.90 Å². The topological polar surface area (TPSA) is 65.1 Å². The van der Waals surface area contributed by atoms with Crippen molar-refractivity contribution in [3.05, 3.63) is 0 Å². The van der Waals surface area contributed by atoms with Gasteiger partial charge in [-0.15, -0.1) is 0 Å². The molecule has 6 nitrogen and oxygen atoms in total. The molecule has 1 aliphatic rings. The highest BCUT2D eigenvalue weighted by molar-refractivity contribution is 5.82. The third kappa shape index (κ3) is 7.78. The molecule has 0 aromatic rings. The molecule has 1 saturated carbocycles. The highest BCUT2D eigenvalue weighted by atomic mass is 16.6. The smallest absolute Gasteiger partial charge is 0.309 e. The molecule has 0 aromatic heterocycles. The molecule has 0 spiro atoms. The van der Waals surface area contributed by atoms with Crippen molar-refractivity contribution in [3.8, 4) is 0 Å². The van der Waals surface area contributed by atoms with Gasteiger partial charge in [0.2, 0.25) is 0 Å². The van der Waals surface area contributed by atoms with Crippen LogP contribution in [0, 0.1) is 11.8 Å². The third-order valence-corrected chi connectivity index (χ3v) is 5.08. The number of rotatable bonds is 8. The molecular formula is C21H39NO5.